The SMILES string of the molecule is CCOC(=O)CCCNC(=S)N1CCCN(Cc2ccc(C(=O)OC)o2)CC1. The van der Waals surface area contributed by atoms with Gasteiger partial charge in [0, 0.05) is 39.1 Å². The molecule has 1 aliphatic heterocycles. The molecule has 0 atom stereocenters. The highest BCUT2D eigenvalue weighted by atomic mass is 32.1. The van der Waals surface area contributed by atoms with Gasteiger partial charge in [-0.3, -0.25) is 9.69 Å². The second-order valence-corrected chi connectivity index (χ2v) is 6.90. The zero-order valence-corrected chi connectivity index (χ0v) is 17.4. The lowest BCUT2D eigenvalue weighted by Gasteiger charge is -2.24. The minimum absolute atomic E-state index is 0.172. The number of thiocarbonyl (C=S) groups is 1. The van der Waals surface area contributed by atoms with Crippen molar-refractivity contribution in [3.63, 3.8) is 0 Å². The fraction of sp³-hybridized carbons (Fsp3) is 0.632. The van der Waals surface area contributed by atoms with Crippen molar-refractivity contribution >= 4 is 29.3 Å². The Bertz CT molecular complexity index is 664. The van der Waals surface area contributed by atoms with Gasteiger partial charge in [-0.2, -0.15) is 0 Å². The van der Waals surface area contributed by atoms with Crippen LogP contribution >= 0.6 is 12.2 Å². The summed E-state index contributed by atoms with van der Waals surface area (Å²) in [7, 11) is 1.34. The van der Waals surface area contributed by atoms with Gasteiger partial charge < -0.3 is 24.1 Å². The summed E-state index contributed by atoms with van der Waals surface area (Å²) < 4.78 is 15.1. The van der Waals surface area contributed by atoms with Gasteiger partial charge in [0.1, 0.15) is 5.76 Å². The molecule has 28 heavy (non-hydrogen) atoms. The van der Waals surface area contributed by atoms with Gasteiger partial charge in [-0.25, -0.2) is 4.79 Å². The Balaban J connectivity index is 1.72. The number of hydrogen-bond donors (Lipinski definition) is 1. The van der Waals surface area contributed by atoms with Gasteiger partial charge in [0.15, 0.2) is 5.11 Å². The van der Waals surface area contributed by atoms with Crippen molar-refractivity contribution in [1.82, 2.24) is 15.1 Å². The van der Waals surface area contributed by atoms with E-state index in [1.165, 1.54) is 7.11 Å². The number of rotatable bonds is 8. The van der Waals surface area contributed by atoms with Gasteiger partial charge in [0.2, 0.25) is 5.76 Å². The van der Waals surface area contributed by atoms with Gasteiger partial charge >= 0.3 is 11.9 Å². The number of carbonyl (C=O) groups excluding carboxylic acids is 2. The zero-order chi connectivity index (χ0) is 20.4. The van der Waals surface area contributed by atoms with E-state index in [1.54, 1.807) is 13.0 Å². The summed E-state index contributed by atoms with van der Waals surface area (Å²) in [5.74, 6) is 0.331. The number of ether oxygens (including phenoxy) is 2. The molecule has 156 valence electrons. The monoisotopic (exact) mass is 411 g/mol. The van der Waals surface area contributed by atoms with Crippen LogP contribution in [0.3, 0.4) is 0 Å². The summed E-state index contributed by atoms with van der Waals surface area (Å²) in [6.07, 6.45) is 2.07. The van der Waals surface area contributed by atoms with E-state index in [0.29, 0.717) is 32.5 Å². The van der Waals surface area contributed by atoms with Crippen molar-refractivity contribution in [2.75, 3.05) is 46.4 Å². The Morgan fingerprint density at radius 2 is 2.07 bits per heavy atom. The molecule has 0 bridgehead atoms. The average molecular weight is 412 g/mol. The van der Waals surface area contributed by atoms with Crippen LogP contribution in [-0.4, -0.2) is 73.3 Å². The van der Waals surface area contributed by atoms with E-state index < -0.39 is 5.97 Å². The molecule has 8 nitrogen and oxygen atoms in total. The summed E-state index contributed by atoms with van der Waals surface area (Å²) in [6.45, 7) is 6.98. The first kappa shape index (κ1) is 22.2. The summed E-state index contributed by atoms with van der Waals surface area (Å²) in [6, 6.07) is 3.45. The molecule has 1 aliphatic rings. The van der Waals surface area contributed by atoms with Crippen LogP contribution in [0.25, 0.3) is 0 Å². The molecule has 2 rings (SSSR count). The first-order valence-electron chi connectivity index (χ1n) is 9.61. The third-order valence-electron chi connectivity index (χ3n) is 4.44. The van der Waals surface area contributed by atoms with E-state index in [-0.39, 0.29) is 11.7 Å². The molecular formula is C19H29N3O5S. The number of methoxy groups -OCH3 is 1. The van der Waals surface area contributed by atoms with Gasteiger partial charge in [-0.05, 0) is 44.1 Å². The van der Waals surface area contributed by atoms with Crippen LogP contribution in [0.4, 0.5) is 0 Å². The van der Waals surface area contributed by atoms with Crippen molar-refractivity contribution in [1.29, 1.82) is 0 Å². The van der Waals surface area contributed by atoms with Crippen molar-refractivity contribution in [2.45, 2.75) is 32.7 Å². The summed E-state index contributed by atoms with van der Waals surface area (Å²) in [5.41, 5.74) is 0. The standard InChI is InChI=1S/C19H29N3O5S/c1-3-26-17(23)6-4-9-20-19(28)22-11-5-10-21(12-13-22)14-15-7-8-16(27-15)18(24)25-2/h7-8H,3-6,9-14H2,1-2H3,(H,20,28). The van der Waals surface area contributed by atoms with Crippen LogP contribution < -0.4 is 5.32 Å². The van der Waals surface area contributed by atoms with E-state index in [9.17, 15) is 9.59 Å². The van der Waals surface area contributed by atoms with Crippen LogP contribution in [0.2, 0.25) is 0 Å². The van der Waals surface area contributed by atoms with Crippen molar-refractivity contribution in [3.8, 4) is 0 Å². The Kier molecular flexibility index (Phi) is 9.22. The van der Waals surface area contributed by atoms with Gasteiger partial charge in [-0.15, -0.1) is 0 Å². The Morgan fingerprint density at radius 1 is 1.25 bits per heavy atom. The number of hydrogen-bond acceptors (Lipinski definition) is 7. The molecule has 9 heteroatoms. The molecule has 0 saturated carbocycles. The van der Waals surface area contributed by atoms with Crippen molar-refractivity contribution in [3.05, 3.63) is 23.7 Å². The van der Waals surface area contributed by atoms with Crippen LogP contribution in [-0.2, 0) is 20.8 Å². The molecule has 1 N–H and O–H groups in total. The first-order chi connectivity index (χ1) is 13.5. The van der Waals surface area contributed by atoms with Gasteiger partial charge in [-0.1, -0.05) is 0 Å². The second kappa shape index (κ2) is 11.7. The molecule has 2 heterocycles. The zero-order valence-electron chi connectivity index (χ0n) is 16.6. The fourth-order valence-corrected chi connectivity index (χ4v) is 3.28. The maximum absolute atomic E-state index is 11.5. The minimum atomic E-state index is -0.465. The van der Waals surface area contributed by atoms with Crippen LogP contribution in [0.15, 0.2) is 16.5 Å². The molecule has 0 aromatic carbocycles. The predicted octanol–water partition coefficient (Wildman–Crippen LogP) is 1.79. The number of nitrogens with zero attached hydrogens (tertiary/aromatic N) is 2. The summed E-state index contributed by atoms with van der Waals surface area (Å²) in [4.78, 5) is 27.3. The van der Waals surface area contributed by atoms with E-state index in [1.807, 2.05) is 6.07 Å². The molecule has 0 unspecified atom stereocenters. The minimum Gasteiger partial charge on any atom is -0.466 e. The summed E-state index contributed by atoms with van der Waals surface area (Å²) in [5, 5.41) is 3.94. The quantitative estimate of drug-likeness (QED) is 0.391. The predicted molar refractivity (Wildman–Crippen MR) is 108 cm³/mol. The normalized spacial score (nSPS) is 15.0. The highest BCUT2D eigenvalue weighted by Gasteiger charge is 2.19. The molecule has 0 radical (unpaired) electrons. The van der Waals surface area contributed by atoms with Gasteiger partial charge in [0.25, 0.3) is 0 Å². The topological polar surface area (TPSA) is 84.2 Å². The largest absolute Gasteiger partial charge is 0.466 e. The molecule has 1 saturated heterocycles. The molecule has 0 amide bonds. The summed E-state index contributed by atoms with van der Waals surface area (Å²) >= 11 is 5.49. The van der Waals surface area contributed by atoms with Crippen LogP contribution in [0, 0.1) is 0 Å². The van der Waals surface area contributed by atoms with E-state index in [0.717, 1.165) is 43.5 Å². The number of furan rings is 1. The Morgan fingerprint density at radius 3 is 2.82 bits per heavy atom. The third kappa shape index (κ3) is 7.12. The molecular weight excluding hydrogens is 382 g/mol. The van der Waals surface area contributed by atoms with Crippen LogP contribution in [0.1, 0.15) is 42.5 Å². The van der Waals surface area contributed by atoms with E-state index in [2.05, 4.69) is 19.9 Å². The maximum atomic E-state index is 11.5. The lowest BCUT2D eigenvalue weighted by molar-refractivity contribution is -0.143. The van der Waals surface area contributed by atoms with Gasteiger partial charge in [0.05, 0.1) is 20.3 Å². The molecule has 1 aromatic heterocycles. The lowest BCUT2D eigenvalue weighted by atomic mass is 10.3. The second-order valence-electron chi connectivity index (χ2n) is 6.51. The van der Waals surface area contributed by atoms with E-state index >= 15 is 0 Å². The highest BCUT2D eigenvalue weighted by molar-refractivity contribution is 7.80. The highest BCUT2D eigenvalue weighted by Crippen LogP contribution is 2.13. The average Bonchev–Trinajstić information content (AvgIpc) is 3.02. The Labute approximate surface area is 171 Å². The maximum Gasteiger partial charge on any atom is 0.373 e. The Hall–Kier alpha value is -2.13. The van der Waals surface area contributed by atoms with Crippen molar-refractivity contribution in [2.24, 2.45) is 0 Å². The lowest BCUT2D eigenvalue weighted by Crippen LogP contribution is -2.42. The number of nitrogens with one attached hydrogen (secondary N) is 1. The first-order valence-corrected chi connectivity index (χ1v) is 10.0. The molecule has 1 aromatic rings. The fourth-order valence-electron chi connectivity index (χ4n) is 3.00. The number of esters is 2. The molecule has 1 fully saturated rings. The smallest absolute Gasteiger partial charge is 0.373 e. The third-order valence-corrected chi connectivity index (χ3v) is 4.85. The van der Waals surface area contributed by atoms with E-state index in [4.69, 9.17) is 21.4 Å². The molecule has 0 aliphatic carbocycles. The van der Waals surface area contributed by atoms with Crippen molar-refractivity contribution < 1.29 is 23.5 Å². The number of carbonyl (C=O) groups is 2. The molecule has 0 spiro atoms. The van der Waals surface area contributed by atoms with Crippen LogP contribution in [0.5, 0.6) is 0 Å².